The number of aliphatic carboxylic acids is 1. The van der Waals surface area contributed by atoms with Crippen molar-refractivity contribution in [2.45, 2.75) is 56.7 Å². The summed E-state index contributed by atoms with van der Waals surface area (Å²) in [6.45, 7) is 3.97. The van der Waals surface area contributed by atoms with Crippen LogP contribution < -0.4 is 9.47 Å². The molecule has 1 saturated carbocycles. The maximum absolute atomic E-state index is 15.0. The zero-order valence-electron chi connectivity index (χ0n) is 16.7. The van der Waals surface area contributed by atoms with Gasteiger partial charge in [0.25, 0.3) is 0 Å². The number of rotatable bonds is 6. The van der Waals surface area contributed by atoms with Gasteiger partial charge in [-0.15, -0.1) is 0 Å². The maximum atomic E-state index is 15.0. The van der Waals surface area contributed by atoms with Gasteiger partial charge in [-0.3, -0.25) is 4.79 Å². The van der Waals surface area contributed by atoms with E-state index in [4.69, 9.17) is 14.6 Å². The Kier molecular flexibility index (Phi) is 4.56. The smallest absolute Gasteiger partial charge is 0.303 e. The first-order valence-electron chi connectivity index (χ1n) is 9.72. The van der Waals surface area contributed by atoms with Gasteiger partial charge in [-0.25, -0.2) is 8.78 Å². The Labute approximate surface area is 168 Å². The lowest BCUT2D eigenvalue weighted by Gasteiger charge is -2.17. The molecule has 6 heteroatoms. The fourth-order valence-corrected chi connectivity index (χ4v) is 4.41. The molecule has 0 radical (unpaired) electrons. The van der Waals surface area contributed by atoms with Gasteiger partial charge in [0.05, 0.1) is 7.11 Å². The van der Waals surface area contributed by atoms with E-state index in [1.165, 1.54) is 6.07 Å². The number of fused-ring (bicyclic) bond motifs is 1. The third kappa shape index (κ3) is 3.34. The molecular weight excluding hydrogens is 378 g/mol. The molecule has 2 aliphatic rings. The number of carboxylic acid groups (broad SMARTS) is 1. The zero-order chi connectivity index (χ0) is 21.0. The first-order chi connectivity index (χ1) is 13.7. The van der Waals surface area contributed by atoms with Gasteiger partial charge in [0.2, 0.25) is 0 Å². The van der Waals surface area contributed by atoms with Crippen LogP contribution in [-0.2, 0) is 16.6 Å². The molecule has 2 unspecified atom stereocenters. The highest BCUT2D eigenvalue weighted by Gasteiger charge is 2.57. The summed E-state index contributed by atoms with van der Waals surface area (Å²) in [5.41, 5.74) is 1.34. The summed E-state index contributed by atoms with van der Waals surface area (Å²) >= 11 is 0. The molecule has 154 valence electrons. The van der Waals surface area contributed by atoms with Crippen LogP contribution in [0.25, 0.3) is 11.1 Å². The number of carbonyl (C=O) groups is 1. The highest BCUT2D eigenvalue weighted by molar-refractivity contribution is 5.74. The Morgan fingerprint density at radius 1 is 1.31 bits per heavy atom. The Bertz CT molecular complexity index is 985. The molecule has 1 heterocycles. The van der Waals surface area contributed by atoms with Crippen molar-refractivity contribution < 1.29 is 28.2 Å². The quantitative estimate of drug-likeness (QED) is 0.734. The molecule has 4 nitrogen and oxygen atoms in total. The number of ether oxygens (including phenoxy) is 2. The van der Waals surface area contributed by atoms with Gasteiger partial charge >= 0.3 is 5.97 Å². The van der Waals surface area contributed by atoms with Crippen LogP contribution in [-0.4, -0.2) is 30.0 Å². The van der Waals surface area contributed by atoms with E-state index in [-0.39, 0.29) is 30.4 Å². The summed E-state index contributed by atoms with van der Waals surface area (Å²) in [4.78, 5) is 10.9. The minimum atomic E-state index is -1.21. The Balaban J connectivity index is 1.72. The molecule has 0 bridgehead atoms. The molecule has 2 aromatic rings. The SMILES string of the molecule is COc1ccc(-c2ccc(C3(CCC(=O)O)CC3F)c(F)c2)c2c1OC(C)(C)C2. The molecule has 29 heavy (non-hydrogen) atoms. The number of carboxylic acids is 1. The summed E-state index contributed by atoms with van der Waals surface area (Å²) < 4.78 is 40.6. The molecular formula is C23H24F2O4. The number of hydrogen-bond acceptors (Lipinski definition) is 3. The van der Waals surface area contributed by atoms with Crippen molar-refractivity contribution in [1.29, 1.82) is 0 Å². The monoisotopic (exact) mass is 402 g/mol. The third-order valence-corrected chi connectivity index (χ3v) is 6.01. The average molecular weight is 402 g/mol. The normalized spacial score (nSPS) is 24.0. The van der Waals surface area contributed by atoms with E-state index < -0.39 is 23.4 Å². The van der Waals surface area contributed by atoms with Crippen LogP contribution >= 0.6 is 0 Å². The molecule has 1 aliphatic carbocycles. The molecule has 0 aromatic heterocycles. The first-order valence-corrected chi connectivity index (χ1v) is 9.72. The Hall–Kier alpha value is -2.63. The van der Waals surface area contributed by atoms with Crippen LogP contribution in [0.1, 0.15) is 44.2 Å². The second kappa shape index (κ2) is 6.71. The zero-order valence-corrected chi connectivity index (χ0v) is 16.7. The average Bonchev–Trinajstić information content (AvgIpc) is 3.18. The van der Waals surface area contributed by atoms with Crippen LogP contribution in [0, 0.1) is 5.82 Å². The van der Waals surface area contributed by atoms with Gasteiger partial charge in [0.15, 0.2) is 11.5 Å². The van der Waals surface area contributed by atoms with E-state index >= 15 is 4.39 Å². The minimum Gasteiger partial charge on any atom is -0.493 e. The van der Waals surface area contributed by atoms with Crippen molar-refractivity contribution in [1.82, 2.24) is 0 Å². The highest BCUT2D eigenvalue weighted by atomic mass is 19.1. The summed E-state index contributed by atoms with van der Waals surface area (Å²) in [7, 11) is 1.58. The molecule has 0 saturated heterocycles. The number of hydrogen-bond donors (Lipinski definition) is 1. The van der Waals surface area contributed by atoms with E-state index in [0.717, 1.165) is 11.1 Å². The van der Waals surface area contributed by atoms with E-state index in [1.807, 2.05) is 19.9 Å². The summed E-state index contributed by atoms with van der Waals surface area (Å²) in [6, 6.07) is 8.47. The van der Waals surface area contributed by atoms with Crippen molar-refractivity contribution in [3.63, 3.8) is 0 Å². The maximum Gasteiger partial charge on any atom is 0.303 e. The molecule has 1 fully saturated rings. The lowest BCUT2D eigenvalue weighted by molar-refractivity contribution is -0.137. The van der Waals surface area contributed by atoms with E-state index in [1.54, 1.807) is 25.3 Å². The van der Waals surface area contributed by atoms with Crippen molar-refractivity contribution in [2.24, 2.45) is 0 Å². The Morgan fingerprint density at radius 3 is 2.62 bits per heavy atom. The number of methoxy groups -OCH3 is 1. The predicted molar refractivity (Wildman–Crippen MR) is 105 cm³/mol. The lowest BCUT2D eigenvalue weighted by Crippen LogP contribution is -2.24. The molecule has 1 N–H and O–H groups in total. The van der Waals surface area contributed by atoms with E-state index in [2.05, 4.69) is 0 Å². The van der Waals surface area contributed by atoms with E-state index in [9.17, 15) is 9.18 Å². The van der Waals surface area contributed by atoms with Gasteiger partial charge in [0.1, 0.15) is 17.6 Å². The number of halogens is 2. The van der Waals surface area contributed by atoms with Crippen LogP contribution in [0.3, 0.4) is 0 Å². The second-order valence-corrected chi connectivity index (χ2v) is 8.58. The molecule has 0 spiro atoms. The van der Waals surface area contributed by atoms with Crippen LogP contribution in [0.5, 0.6) is 11.5 Å². The summed E-state index contributed by atoms with van der Waals surface area (Å²) in [6.07, 6.45) is -0.467. The number of alkyl halides is 1. The van der Waals surface area contributed by atoms with Gasteiger partial charge in [0, 0.05) is 23.8 Å². The molecule has 1 aliphatic heterocycles. The predicted octanol–water partition coefficient (Wildman–Crippen LogP) is 5.06. The van der Waals surface area contributed by atoms with Crippen molar-refractivity contribution in [2.75, 3.05) is 7.11 Å². The third-order valence-electron chi connectivity index (χ3n) is 6.01. The van der Waals surface area contributed by atoms with Crippen LogP contribution in [0.2, 0.25) is 0 Å². The molecule has 0 amide bonds. The van der Waals surface area contributed by atoms with Crippen LogP contribution in [0.15, 0.2) is 30.3 Å². The van der Waals surface area contributed by atoms with Crippen LogP contribution in [0.4, 0.5) is 8.78 Å². The van der Waals surface area contributed by atoms with Gasteiger partial charge in [-0.05, 0) is 55.5 Å². The topological polar surface area (TPSA) is 55.8 Å². The largest absolute Gasteiger partial charge is 0.493 e. The molecule has 2 aromatic carbocycles. The van der Waals surface area contributed by atoms with Crippen molar-refractivity contribution in [3.8, 4) is 22.6 Å². The fourth-order valence-electron chi connectivity index (χ4n) is 4.41. The van der Waals surface area contributed by atoms with E-state index in [0.29, 0.717) is 23.5 Å². The molecule has 2 atom stereocenters. The van der Waals surface area contributed by atoms with Gasteiger partial charge < -0.3 is 14.6 Å². The Morgan fingerprint density at radius 2 is 2.03 bits per heavy atom. The number of benzene rings is 2. The summed E-state index contributed by atoms with van der Waals surface area (Å²) in [5.74, 6) is -0.201. The summed E-state index contributed by atoms with van der Waals surface area (Å²) in [5, 5.41) is 8.94. The van der Waals surface area contributed by atoms with Gasteiger partial charge in [-0.2, -0.15) is 0 Å². The minimum absolute atomic E-state index is 0.0970. The lowest BCUT2D eigenvalue weighted by atomic mass is 9.87. The van der Waals surface area contributed by atoms with Crippen molar-refractivity contribution >= 4 is 5.97 Å². The standard InChI is InChI=1S/C23H24F2O4/c1-22(2)11-15-14(5-7-18(28-3)21(15)29-22)13-4-6-16(17(24)10-13)23(12-19(23)25)9-8-20(26)27/h4-7,10,19H,8-9,11-12H2,1-3H3,(H,26,27). The van der Waals surface area contributed by atoms with Crippen molar-refractivity contribution in [3.05, 3.63) is 47.3 Å². The van der Waals surface area contributed by atoms with Gasteiger partial charge in [-0.1, -0.05) is 18.2 Å². The fraction of sp³-hybridized carbons (Fsp3) is 0.435. The molecule has 4 rings (SSSR count). The first kappa shape index (κ1) is 19.7. The second-order valence-electron chi connectivity index (χ2n) is 8.58. The highest BCUT2D eigenvalue weighted by Crippen LogP contribution is 2.55.